The average Bonchev–Trinajstić information content (AvgIpc) is 2.38. The number of carbonyl (C=O) groups is 1. The van der Waals surface area contributed by atoms with Crippen LogP contribution < -0.4 is 5.69 Å². The molecule has 0 saturated carbocycles. The summed E-state index contributed by atoms with van der Waals surface area (Å²) in [5.74, 6) is -1.13. The normalized spacial score (nSPS) is 10.3. The molecule has 0 aliphatic heterocycles. The van der Waals surface area contributed by atoms with Crippen molar-refractivity contribution in [1.29, 1.82) is 0 Å². The molecule has 18 heavy (non-hydrogen) atoms. The standard InChI is InChI=1S/C12H11N3O3/c1-2-7-9(11(16)17)10(15-12(18)14-7)8-5-3-4-6-13-8/h3-6H,2H2,1H3,(H,16,17)(H,14,15,18). The Balaban J connectivity index is 2.77. The number of hydrogen-bond acceptors (Lipinski definition) is 4. The van der Waals surface area contributed by atoms with E-state index in [1.54, 1.807) is 25.1 Å². The zero-order valence-electron chi connectivity index (χ0n) is 9.67. The molecule has 0 atom stereocenters. The second kappa shape index (κ2) is 4.79. The lowest BCUT2D eigenvalue weighted by atomic mass is 10.1. The van der Waals surface area contributed by atoms with E-state index in [1.165, 1.54) is 6.20 Å². The van der Waals surface area contributed by atoms with Crippen LogP contribution in [-0.2, 0) is 6.42 Å². The van der Waals surface area contributed by atoms with Gasteiger partial charge in [0.15, 0.2) is 0 Å². The maximum atomic E-state index is 11.4. The van der Waals surface area contributed by atoms with Crippen molar-refractivity contribution in [2.24, 2.45) is 0 Å². The molecule has 6 nitrogen and oxygen atoms in total. The van der Waals surface area contributed by atoms with Gasteiger partial charge in [-0.05, 0) is 18.6 Å². The van der Waals surface area contributed by atoms with Crippen LogP contribution in [0.25, 0.3) is 11.4 Å². The maximum Gasteiger partial charge on any atom is 0.345 e. The molecule has 92 valence electrons. The summed E-state index contributed by atoms with van der Waals surface area (Å²) in [6.07, 6.45) is 1.93. The molecule has 0 saturated heterocycles. The molecule has 0 spiro atoms. The first-order chi connectivity index (χ1) is 8.63. The Bertz CT molecular complexity index is 635. The monoisotopic (exact) mass is 245 g/mol. The molecule has 0 radical (unpaired) electrons. The quantitative estimate of drug-likeness (QED) is 0.843. The van der Waals surface area contributed by atoms with E-state index < -0.39 is 11.7 Å². The molecule has 2 N–H and O–H groups in total. The highest BCUT2D eigenvalue weighted by atomic mass is 16.4. The third-order valence-electron chi connectivity index (χ3n) is 2.48. The summed E-state index contributed by atoms with van der Waals surface area (Å²) in [6, 6.07) is 5.04. The van der Waals surface area contributed by atoms with E-state index in [0.29, 0.717) is 17.8 Å². The highest BCUT2D eigenvalue weighted by molar-refractivity contribution is 5.95. The minimum absolute atomic E-state index is 0.00389. The molecule has 0 unspecified atom stereocenters. The maximum absolute atomic E-state index is 11.4. The molecule has 0 aromatic carbocycles. The van der Waals surface area contributed by atoms with Crippen molar-refractivity contribution in [3.63, 3.8) is 0 Å². The number of pyridine rings is 1. The number of aromatic amines is 1. The summed E-state index contributed by atoms with van der Waals surface area (Å²) < 4.78 is 0. The molecule has 2 aromatic heterocycles. The van der Waals surface area contributed by atoms with Crippen LogP contribution in [0, 0.1) is 0 Å². The van der Waals surface area contributed by atoms with Gasteiger partial charge in [0.2, 0.25) is 0 Å². The Morgan fingerprint density at radius 2 is 2.22 bits per heavy atom. The second-order valence-electron chi connectivity index (χ2n) is 3.62. The summed E-state index contributed by atoms with van der Waals surface area (Å²) in [5.41, 5.74) is 0.246. The highest BCUT2D eigenvalue weighted by Gasteiger charge is 2.19. The smallest absolute Gasteiger partial charge is 0.345 e. The van der Waals surface area contributed by atoms with E-state index in [9.17, 15) is 14.7 Å². The van der Waals surface area contributed by atoms with Crippen LogP contribution in [-0.4, -0.2) is 26.0 Å². The van der Waals surface area contributed by atoms with E-state index in [1.807, 2.05) is 0 Å². The molecule has 0 aliphatic rings. The van der Waals surface area contributed by atoms with Gasteiger partial charge in [-0.1, -0.05) is 13.0 Å². The van der Waals surface area contributed by atoms with Gasteiger partial charge >= 0.3 is 11.7 Å². The molecular formula is C12H11N3O3. The number of aromatic nitrogens is 3. The fraction of sp³-hybridized carbons (Fsp3) is 0.167. The van der Waals surface area contributed by atoms with Gasteiger partial charge in [0, 0.05) is 11.9 Å². The number of H-pyrrole nitrogens is 1. The summed E-state index contributed by atoms with van der Waals surface area (Å²) in [7, 11) is 0. The molecular weight excluding hydrogens is 234 g/mol. The number of carboxylic acid groups (broad SMARTS) is 1. The zero-order valence-corrected chi connectivity index (χ0v) is 9.67. The Morgan fingerprint density at radius 3 is 2.78 bits per heavy atom. The molecule has 0 bridgehead atoms. The summed E-state index contributed by atoms with van der Waals surface area (Å²) >= 11 is 0. The van der Waals surface area contributed by atoms with Gasteiger partial charge in [-0.3, -0.25) is 4.98 Å². The largest absolute Gasteiger partial charge is 0.478 e. The lowest BCUT2D eigenvalue weighted by molar-refractivity contribution is 0.0695. The molecule has 2 rings (SSSR count). The van der Waals surface area contributed by atoms with E-state index in [2.05, 4.69) is 15.0 Å². The fourth-order valence-electron chi connectivity index (χ4n) is 1.70. The van der Waals surface area contributed by atoms with Crippen molar-refractivity contribution in [3.8, 4) is 11.4 Å². The van der Waals surface area contributed by atoms with Gasteiger partial charge in [-0.15, -0.1) is 0 Å². The number of nitrogens with zero attached hydrogens (tertiary/aromatic N) is 2. The van der Waals surface area contributed by atoms with Crippen LogP contribution in [0.4, 0.5) is 0 Å². The Kier molecular flexibility index (Phi) is 3.18. The van der Waals surface area contributed by atoms with Crippen molar-refractivity contribution >= 4 is 5.97 Å². The molecule has 0 amide bonds. The van der Waals surface area contributed by atoms with Gasteiger partial charge in [0.05, 0.1) is 5.69 Å². The molecule has 0 fully saturated rings. The van der Waals surface area contributed by atoms with E-state index >= 15 is 0 Å². The Morgan fingerprint density at radius 1 is 1.44 bits per heavy atom. The fourth-order valence-corrected chi connectivity index (χ4v) is 1.70. The lowest BCUT2D eigenvalue weighted by Gasteiger charge is -2.07. The van der Waals surface area contributed by atoms with Gasteiger partial charge < -0.3 is 10.1 Å². The topological polar surface area (TPSA) is 95.9 Å². The third-order valence-corrected chi connectivity index (χ3v) is 2.48. The van der Waals surface area contributed by atoms with Gasteiger partial charge in [-0.25, -0.2) is 9.59 Å². The number of nitrogens with one attached hydrogen (secondary N) is 1. The number of aromatic carboxylic acids is 1. The average molecular weight is 245 g/mol. The SMILES string of the molecule is CCc1[nH]c(=O)nc(-c2ccccn2)c1C(=O)O. The summed E-state index contributed by atoms with van der Waals surface area (Å²) in [6.45, 7) is 1.76. The van der Waals surface area contributed by atoms with Crippen LogP contribution in [0.3, 0.4) is 0 Å². The molecule has 2 aromatic rings. The van der Waals surface area contributed by atoms with Crippen molar-refractivity contribution in [2.75, 3.05) is 0 Å². The molecule has 0 aliphatic carbocycles. The van der Waals surface area contributed by atoms with Crippen LogP contribution >= 0.6 is 0 Å². The third kappa shape index (κ3) is 2.13. The first kappa shape index (κ1) is 12.0. The highest BCUT2D eigenvalue weighted by Crippen LogP contribution is 2.20. The Labute approximate surface area is 102 Å². The Hall–Kier alpha value is -2.50. The molecule has 2 heterocycles. The second-order valence-corrected chi connectivity index (χ2v) is 3.62. The van der Waals surface area contributed by atoms with Crippen molar-refractivity contribution in [2.45, 2.75) is 13.3 Å². The van der Waals surface area contributed by atoms with E-state index in [0.717, 1.165) is 0 Å². The summed E-state index contributed by atoms with van der Waals surface area (Å²) in [4.78, 5) is 32.9. The van der Waals surface area contributed by atoms with Crippen LogP contribution in [0.2, 0.25) is 0 Å². The van der Waals surface area contributed by atoms with Crippen LogP contribution in [0.15, 0.2) is 29.2 Å². The predicted octanol–water partition coefficient (Wildman–Crippen LogP) is 1.09. The summed E-state index contributed by atoms with van der Waals surface area (Å²) in [5, 5.41) is 9.24. The van der Waals surface area contributed by atoms with Gasteiger partial charge in [-0.2, -0.15) is 4.98 Å². The first-order valence-electron chi connectivity index (χ1n) is 5.41. The minimum Gasteiger partial charge on any atom is -0.478 e. The number of rotatable bonds is 3. The minimum atomic E-state index is -1.13. The number of hydrogen-bond donors (Lipinski definition) is 2. The van der Waals surface area contributed by atoms with Crippen LogP contribution in [0.5, 0.6) is 0 Å². The first-order valence-corrected chi connectivity index (χ1v) is 5.41. The van der Waals surface area contributed by atoms with Gasteiger partial charge in [0.25, 0.3) is 0 Å². The van der Waals surface area contributed by atoms with Crippen molar-refractivity contribution in [1.82, 2.24) is 15.0 Å². The van der Waals surface area contributed by atoms with Crippen molar-refractivity contribution < 1.29 is 9.90 Å². The number of aryl methyl sites for hydroxylation is 1. The van der Waals surface area contributed by atoms with E-state index in [4.69, 9.17) is 0 Å². The van der Waals surface area contributed by atoms with Crippen molar-refractivity contribution in [3.05, 3.63) is 46.1 Å². The number of carboxylic acids is 1. The van der Waals surface area contributed by atoms with Crippen LogP contribution in [0.1, 0.15) is 23.0 Å². The zero-order chi connectivity index (χ0) is 13.1. The lowest BCUT2D eigenvalue weighted by Crippen LogP contribution is -2.20. The van der Waals surface area contributed by atoms with E-state index in [-0.39, 0.29) is 11.3 Å². The van der Waals surface area contributed by atoms with Gasteiger partial charge in [0.1, 0.15) is 11.3 Å². The predicted molar refractivity (Wildman–Crippen MR) is 64.4 cm³/mol. The molecule has 6 heteroatoms.